The van der Waals surface area contributed by atoms with Gasteiger partial charge in [0, 0.05) is 11.6 Å². The van der Waals surface area contributed by atoms with Crippen LogP contribution in [0.5, 0.6) is 5.75 Å². The summed E-state index contributed by atoms with van der Waals surface area (Å²) in [6, 6.07) is 11.8. The molecule has 0 unspecified atom stereocenters. The minimum atomic E-state index is -0.636. The summed E-state index contributed by atoms with van der Waals surface area (Å²) in [5.41, 5.74) is 0.802. The second-order valence-corrected chi connectivity index (χ2v) is 3.66. The molecular formula is C14H9F2NO. The van der Waals surface area contributed by atoms with Crippen LogP contribution in [0.4, 0.5) is 8.78 Å². The number of ether oxygens (including phenoxy) is 1. The third kappa shape index (κ3) is 2.83. The van der Waals surface area contributed by atoms with Crippen molar-refractivity contribution in [1.82, 2.24) is 0 Å². The largest absolute Gasteiger partial charge is 0.489 e. The van der Waals surface area contributed by atoms with E-state index >= 15 is 0 Å². The van der Waals surface area contributed by atoms with Gasteiger partial charge in [-0.25, -0.2) is 8.78 Å². The normalized spacial score (nSPS) is 9.83. The van der Waals surface area contributed by atoms with Crippen LogP contribution in [0, 0.1) is 23.0 Å². The van der Waals surface area contributed by atoms with E-state index in [0.29, 0.717) is 11.3 Å². The number of rotatable bonds is 3. The Kier molecular flexibility index (Phi) is 3.54. The van der Waals surface area contributed by atoms with Crippen LogP contribution in [0.15, 0.2) is 42.5 Å². The zero-order valence-corrected chi connectivity index (χ0v) is 9.36. The van der Waals surface area contributed by atoms with Gasteiger partial charge in [0.1, 0.15) is 24.0 Å². The number of halogens is 2. The van der Waals surface area contributed by atoms with Crippen molar-refractivity contribution in [2.24, 2.45) is 0 Å². The number of nitriles is 1. The predicted octanol–water partition coefficient (Wildman–Crippen LogP) is 3.42. The fourth-order valence-electron chi connectivity index (χ4n) is 1.43. The third-order valence-electron chi connectivity index (χ3n) is 2.39. The molecule has 0 fully saturated rings. The maximum Gasteiger partial charge on any atom is 0.132 e. The van der Waals surface area contributed by atoms with Gasteiger partial charge in [0.05, 0.1) is 11.6 Å². The van der Waals surface area contributed by atoms with Crippen molar-refractivity contribution < 1.29 is 13.5 Å². The first kappa shape index (κ1) is 12.1. The lowest BCUT2D eigenvalue weighted by Crippen LogP contribution is -1.99. The third-order valence-corrected chi connectivity index (χ3v) is 2.39. The molecule has 0 spiro atoms. The van der Waals surface area contributed by atoms with Gasteiger partial charge in [-0.05, 0) is 36.4 Å². The number of benzene rings is 2. The van der Waals surface area contributed by atoms with Gasteiger partial charge in [0.2, 0.25) is 0 Å². The van der Waals surface area contributed by atoms with Gasteiger partial charge in [-0.1, -0.05) is 0 Å². The molecule has 18 heavy (non-hydrogen) atoms. The Morgan fingerprint density at radius 2 is 1.78 bits per heavy atom. The summed E-state index contributed by atoms with van der Waals surface area (Å²) >= 11 is 0. The van der Waals surface area contributed by atoms with Crippen molar-refractivity contribution in [2.75, 3.05) is 0 Å². The SMILES string of the molecule is N#Cc1ccc(OCc2ccc(F)cc2F)cc1. The first-order valence-corrected chi connectivity index (χ1v) is 5.26. The molecular weight excluding hydrogens is 236 g/mol. The van der Waals surface area contributed by atoms with E-state index in [0.717, 1.165) is 6.07 Å². The molecule has 0 bridgehead atoms. The zero-order chi connectivity index (χ0) is 13.0. The molecule has 2 nitrogen and oxygen atoms in total. The molecule has 0 heterocycles. The predicted molar refractivity (Wildman–Crippen MR) is 61.8 cm³/mol. The van der Waals surface area contributed by atoms with Crippen molar-refractivity contribution in [2.45, 2.75) is 6.61 Å². The monoisotopic (exact) mass is 245 g/mol. The second kappa shape index (κ2) is 5.28. The highest BCUT2D eigenvalue weighted by Gasteiger charge is 2.04. The Morgan fingerprint density at radius 1 is 1.06 bits per heavy atom. The number of hydrogen-bond acceptors (Lipinski definition) is 2. The fraction of sp³-hybridized carbons (Fsp3) is 0.0714. The first-order chi connectivity index (χ1) is 8.69. The highest BCUT2D eigenvalue weighted by atomic mass is 19.1. The molecule has 0 N–H and O–H groups in total. The van der Waals surface area contributed by atoms with Crippen LogP contribution in [0.3, 0.4) is 0 Å². The summed E-state index contributed by atoms with van der Waals surface area (Å²) < 4.78 is 31.3. The summed E-state index contributed by atoms with van der Waals surface area (Å²) in [6.07, 6.45) is 0. The Labute approximate surface area is 103 Å². The summed E-state index contributed by atoms with van der Waals surface area (Å²) in [5, 5.41) is 8.62. The van der Waals surface area contributed by atoms with E-state index in [1.54, 1.807) is 24.3 Å². The van der Waals surface area contributed by atoms with Crippen molar-refractivity contribution in [3.63, 3.8) is 0 Å². The molecule has 0 amide bonds. The minimum Gasteiger partial charge on any atom is -0.489 e. The van der Waals surface area contributed by atoms with Crippen molar-refractivity contribution in [1.29, 1.82) is 5.26 Å². The van der Waals surface area contributed by atoms with Crippen LogP contribution in [-0.2, 0) is 6.61 Å². The van der Waals surface area contributed by atoms with E-state index in [-0.39, 0.29) is 12.2 Å². The molecule has 0 saturated heterocycles. The lowest BCUT2D eigenvalue weighted by Gasteiger charge is -2.07. The summed E-state index contributed by atoms with van der Waals surface area (Å²) in [7, 11) is 0. The second-order valence-electron chi connectivity index (χ2n) is 3.66. The molecule has 2 aromatic carbocycles. The Hall–Kier alpha value is -2.41. The van der Waals surface area contributed by atoms with Gasteiger partial charge in [0.25, 0.3) is 0 Å². The van der Waals surface area contributed by atoms with Gasteiger partial charge in [-0.2, -0.15) is 5.26 Å². The Balaban J connectivity index is 2.04. The lowest BCUT2D eigenvalue weighted by molar-refractivity contribution is 0.299. The van der Waals surface area contributed by atoms with Crippen LogP contribution in [0.25, 0.3) is 0 Å². The van der Waals surface area contributed by atoms with Crippen molar-refractivity contribution >= 4 is 0 Å². The van der Waals surface area contributed by atoms with E-state index in [9.17, 15) is 8.78 Å². The summed E-state index contributed by atoms with van der Waals surface area (Å²) in [6.45, 7) is 0.0119. The van der Waals surface area contributed by atoms with Crippen LogP contribution >= 0.6 is 0 Å². The van der Waals surface area contributed by atoms with Crippen molar-refractivity contribution in [3.8, 4) is 11.8 Å². The number of nitrogens with zero attached hydrogens (tertiary/aromatic N) is 1. The standard InChI is InChI=1S/C14H9F2NO/c15-12-4-3-11(14(16)7-12)9-18-13-5-1-10(8-17)2-6-13/h1-7H,9H2. The average molecular weight is 245 g/mol. The molecule has 2 aromatic rings. The van der Waals surface area contributed by atoms with Gasteiger partial charge in [-0.15, -0.1) is 0 Å². The number of hydrogen-bond donors (Lipinski definition) is 0. The highest BCUT2D eigenvalue weighted by molar-refractivity contribution is 5.34. The lowest BCUT2D eigenvalue weighted by atomic mass is 10.2. The van der Waals surface area contributed by atoms with Gasteiger partial charge >= 0.3 is 0 Å². The van der Waals surface area contributed by atoms with Crippen LogP contribution in [0.1, 0.15) is 11.1 Å². The van der Waals surface area contributed by atoms with Crippen LogP contribution < -0.4 is 4.74 Å². The van der Waals surface area contributed by atoms with E-state index in [1.807, 2.05) is 6.07 Å². The Bertz CT molecular complexity index is 588. The van der Waals surface area contributed by atoms with E-state index in [4.69, 9.17) is 10.00 Å². The zero-order valence-electron chi connectivity index (χ0n) is 9.36. The maximum atomic E-state index is 13.3. The maximum absolute atomic E-state index is 13.3. The smallest absolute Gasteiger partial charge is 0.132 e. The highest BCUT2D eigenvalue weighted by Crippen LogP contribution is 2.16. The van der Waals surface area contributed by atoms with E-state index < -0.39 is 11.6 Å². The molecule has 2 rings (SSSR count). The first-order valence-electron chi connectivity index (χ1n) is 5.26. The summed E-state index contributed by atoms with van der Waals surface area (Å²) in [4.78, 5) is 0. The van der Waals surface area contributed by atoms with Gasteiger partial charge in [0.15, 0.2) is 0 Å². The van der Waals surface area contributed by atoms with Gasteiger partial charge in [-0.3, -0.25) is 0 Å². The molecule has 0 aromatic heterocycles. The molecule has 0 saturated carbocycles. The average Bonchev–Trinajstić information content (AvgIpc) is 2.38. The molecule has 0 aliphatic rings. The molecule has 0 aliphatic heterocycles. The molecule has 90 valence electrons. The molecule has 0 aliphatic carbocycles. The minimum absolute atomic E-state index is 0.0119. The van der Waals surface area contributed by atoms with Crippen molar-refractivity contribution in [3.05, 3.63) is 65.2 Å². The molecule has 4 heteroatoms. The molecule has 0 atom stereocenters. The topological polar surface area (TPSA) is 33.0 Å². The summed E-state index contributed by atoms with van der Waals surface area (Å²) in [5.74, 6) is -0.726. The van der Waals surface area contributed by atoms with Crippen LogP contribution in [-0.4, -0.2) is 0 Å². The van der Waals surface area contributed by atoms with Gasteiger partial charge < -0.3 is 4.74 Å². The van der Waals surface area contributed by atoms with E-state index in [1.165, 1.54) is 12.1 Å². The van der Waals surface area contributed by atoms with E-state index in [2.05, 4.69) is 0 Å². The van der Waals surface area contributed by atoms with Crippen LogP contribution in [0.2, 0.25) is 0 Å². The Morgan fingerprint density at radius 3 is 2.39 bits per heavy atom. The fourth-order valence-corrected chi connectivity index (χ4v) is 1.43. The quantitative estimate of drug-likeness (QED) is 0.830. The molecule has 0 radical (unpaired) electrons.